The lowest BCUT2D eigenvalue weighted by atomic mass is 10.1. The maximum Gasteiger partial charge on any atom is 0.261 e. The van der Waals surface area contributed by atoms with Crippen molar-refractivity contribution in [1.82, 2.24) is 10.2 Å². The number of hydrogen-bond acceptors (Lipinski definition) is 3. The Bertz CT molecular complexity index is 1120. The SMILES string of the molecule is CNC(=O)C(C)N(Cc1ccc(Cl)cc1Cl)C(=O)COc1ccc2ccccc2c1Br. The van der Waals surface area contributed by atoms with Crippen LogP contribution in [0, 0.1) is 0 Å². The van der Waals surface area contributed by atoms with Crippen LogP contribution in [0.5, 0.6) is 5.75 Å². The van der Waals surface area contributed by atoms with Crippen molar-refractivity contribution in [3.8, 4) is 5.75 Å². The molecule has 0 aliphatic heterocycles. The molecule has 0 radical (unpaired) electrons. The van der Waals surface area contributed by atoms with Crippen LogP contribution >= 0.6 is 39.1 Å². The van der Waals surface area contributed by atoms with Gasteiger partial charge in [0.25, 0.3) is 5.91 Å². The van der Waals surface area contributed by atoms with Crippen LogP contribution in [0.3, 0.4) is 0 Å². The molecule has 162 valence electrons. The molecule has 3 rings (SSSR count). The first-order chi connectivity index (χ1) is 14.8. The third-order valence-corrected chi connectivity index (χ3v) is 6.35. The van der Waals surface area contributed by atoms with Crippen LogP contribution in [-0.4, -0.2) is 36.4 Å². The molecule has 1 N–H and O–H groups in total. The minimum absolute atomic E-state index is 0.145. The number of likely N-dealkylation sites (N-methyl/N-ethyl adjacent to an activating group) is 1. The molecular weight excluding hydrogens is 503 g/mol. The Balaban J connectivity index is 1.81. The van der Waals surface area contributed by atoms with E-state index in [9.17, 15) is 9.59 Å². The molecule has 0 spiro atoms. The van der Waals surface area contributed by atoms with E-state index in [-0.39, 0.29) is 25.0 Å². The molecule has 0 saturated carbocycles. The van der Waals surface area contributed by atoms with Gasteiger partial charge in [0.05, 0.1) is 4.47 Å². The largest absolute Gasteiger partial charge is 0.483 e. The number of nitrogens with zero attached hydrogens (tertiary/aromatic N) is 1. The standard InChI is InChI=1S/C23H21BrCl2N2O3/c1-14(23(30)27-2)28(12-16-7-9-17(25)11-19(16)26)21(29)13-31-20-10-8-15-5-3-4-6-18(15)22(20)24/h3-11,14H,12-13H2,1-2H3,(H,27,30). The molecule has 1 unspecified atom stereocenters. The summed E-state index contributed by atoms with van der Waals surface area (Å²) in [6, 6.07) is 15.9. The van der Waals surface area contributed by atoms with Crippen molar-refractivity contribution in [2.24, 2.45) is 0 Å². The molecule has 0 aliphatic carbocycles. The first-order valence-electron chi connectivity index (χ1n) is 9.57. The van der Waals surface area contributed by atoms with Gasteiger partial charge in [-0.1, -0.05) is 59.6 Å². The lowest BCUT2D eigenvalue weighted by Crippen LogP contribution is -2.48. The summed E-state index contributed by atoms with van der Waals surface area (Å²) in [4.78, 5) is 26.8. The number of nitrogens with one attached hydrogen (secondary N) is 1. The van der Waals surface area contributed by atoms with Crippen molar-refractivity contribution in [3.63, 3.8) is 0 Å². The van der Waals surface area contributed by atoms with Crippen LogP contribution in [0.1, 0.15) is 12.5 Å². The molecule has 3 aromatic carbocycles. The highest BCUT2D eigenvalue weighted by molar-refractivity contribution is 9.10. The molecule has 0 aromatic heterocycles. The summed E-state index contributed by atoms with van der Waals surface area (Å²) in [7, 11) is 1.53. The second kappa shape index (κ2) is 10.4. The van der Waals surface area contributed by atoms with Crippen molar-refractivity contribution < 1.29 is 14.3 Å². The van der Waals surface area contributed by atoms with Crippen molar-refractivity contribution in [2.45, 2.75) is 19.5 Å². The normalized spacial score (nSPS) is 11.8. The first kappa shape index (κ1) is 23.4. The highest BCUT2D eigenvalue weighted by Crippen LogP contribution is 2.33. The van der Waals surface area contributed by atoms with Gasteiger partial charge < -0.3 is 15.0 Å². The van der Waals surface area contributed by atoms with E-state index in [1.807, 2.05) is 36.4 Å². The highest BCUT2D eigenvalue weighted by atomic mass is 79.9. The number of ether oxygens (including phenoxy) is 1. The summed E-state index contributed by atoms with van der Waals surface area (Å²) >= 11 is 15.8. The maximum atomic E-state index is 13.1. The predicted molar refractivity (Wildman–Crippen MR) is 128 cm³/mol. The Morgan fingerprint density at radius 2 is 1.87 bits per heavy atom. The summed E-state index contributed by atoms with van der Waals surface area (Å²) in [5.41, 5.74) is 0.682. The van der Waals surface area contributed by atoms with Gasteiger partial charge in [-0.2, -0.15) is 0 Å². The van der Waals surface area contributed by atoms with Gasteiger partial charge in [0.15, 0.2) is 6.61 Å². The van der Waals surface area contributed by atoms with Gasteiger partial charge >= 0.3 is 0 Å². The van der Waals surface area contributed by atoms with Crippen molar-refractivity contribution in [3.05, 3.63) is 74.7 Å². The van der Waals surface area contributed by atoms with Gasteiger partial charge in [0, 0.05) is 23.6 Å². The summed E-state index contributed by atoms with van der Waals surface area (Å²) in [6.07, 6.45) is 0. The lowest BCUT2D eigenvalue weighted by molar-refractivity contribution is -0.142. The van der Waals surface area contributed by atoms with Gasteiger partial charge in [-0.3, -0.25) is 9.59 Å². The van der Waals surface area contributed by atoms with E-state index < -0.39 is 6.04 Å². The van der Waals surface area contributed by atoms with Crippen LogP contribution in [0.25, 0.3) is 10.8 Å². The van der Waals surface area contributed by atoms with E-state index in [4.69, 9.17) is 27.9 Å². The fourth-order valence-electron chi connectivity index (χ4n) is 3.17. The topological polar surface area (TPSA) is 58.6 Å². The molecule has 5 nitrogen and oxygen atoms in total. The lowest BCUT2D eigenvalue weighted by Gasteiger charge is -2.28. The smallest absolute Gasteiger partial charge is 0.261 e. The number of halogens is 3. The summed E-state index contributed by atoms with van der Waals surface area (Å²) in [6.45, 7) is 1.57. The van der Waals surface area contributed by atoms with Crippen LogP contribution in [-0.2, 0) is 16.1 Å². The first-order valence-corrected chi connectivity index (χ1v) is 11.1. The van der Waals surface area contributed by atoms with E-state index in [0.29, 0.717) is 21.4 Å². The fourth-order valence-corrected chi connectivity index (χ4v) is 4.25. The van der Waals surface area contributed by atoms with Crippen LogP contribution in [0.15, 0.2) is 59.1 Å². The maximum absolute atomic E-state index is 13.1. The zero-order chi connectivity index (χ0) is 22.5. The second-order valence-electron chi connectivity index (χ2n) is 6.94. The summed E-state index contributed by atoms with van der Waals surface area (Å²) in [5, 5.41) is 5.54. The fraction of sp³-hybridized carbons (Fsp3) is 0.217. The monoisotopic (exact) mass is 522 g/mol. The third-order valence-electron chi connectivity index (χ3n) is 4.95. The van der Waals surface area contributed by atoms with Crippen LogP contribution in [0.4, 0.5) is 0 Å². The summed E-state index contributed by atoms with van der Waals surface area (Å²) in [5.74, 6) is -0.0865. The average Bonchev–Trinajstić information content (AvgIpc) is 2.77. The Kier molecular flexibility index (Phi) is 7.81. The van der Waals surface area contributed by atoms with Crippen molar-refractivity contribution >= 4 is 61.7 Å². The molecular formula is C23H21BrCl2N2O3. The predicted octanol–water partition coefficient (Wildman–Crippen LogP) is 5.45. The third kappa shape index (κ3) is 5.50. The molecule has 0 saturated heterocycles. The van der Waals surface area contributed by atoms with E-state index >= 15 is 0 Å². The van der Waals surface area contributed by atoms with Crippen molar-refractivity contribution in [2.75, 3.05) is 13.7 Å². The molecule has 0 aliphatic rings. The molecule has 8 heteroatoms. The van der Waals surface area contributed by atoms with Gasteiger partial charge in [-0.05, 0) is 57.4 Å². The average molecular weight is 524 g/mol. The van der Waals surface area contributed by atoms with E-state index in [1.165, 1.54) is 11.9 Å². The minimum atomic E-state index is -0.715. The highest BCUT2D eigenvalue weighted by Gasteiger charge is 2.26. The van der Waals surface area contributed by atoms with E-state index in [0.717, 1.165) is 15.2 Å². The Hall–Kier alpha value is -2.28. The second-order valence-corrected chi connectivity index (χ2v) is 8.57. The number of rotatable bonds is 7. The zero-order valence-corrected chi connectivity index (χ0v) is 20.1. The molecule has 1 atom stereocenters. The molecule has 0 bridgehead atoms. The van der Waals surface area contributed by atoms with E-state index in [2.05, 4.69) is 21.2 Å². The zero-order valence-electron chi connectivity index (χ0n) is 17.0. The molecule has 0 fully saturated rings. The molecule has 0 heterocycles. The van der Waals surface area contributed by atoms with E-state index in [1.54, 1.807) is 25.1 Å². The van der Waals surface area contributed by atoms with Crippen LogP contribution < -0.4 is 10.1 Å². The number of benzene rings is 3. The minimum Gasteiger partial charge on any atom is -0.483 e. The van der Waals surface area contributed by atoms with Crippen LogP contribution in [0.2, 0.25) is 10.0 Å². The van der Waals surface area contributed by atoms with Gasteiger partial charge in [-0.15, -0.1) is 0 Å². The molecule has 2 amide bonds. The quantitative estimate of drug-likeness (QED) is 0.448. The van der Waals surface area contributed by atoms with Gasteiger partial charge in [0.2, 0.25) is 5.91 Å². The number of carbonyl (C=O) groups is 2. The number of fused-ring (bicyclic) bond motifs is 1. The summed E-state index contributed by atoms with van der Waals surface area (Å²) < 4.78 is 6.58. The molecule has 31 heavy (non-hydrogen) atoms. The number of amides is 2. The molecule has 3 aromatic rings. The Morgan fingerprint density at radius 1 is 1.13 bits per heavy atom. The Morgan fingerprint density at radius 3 is 2.58 bits per heavy atom. The van der Waals surface area contributed by atoms with Gasteiger partial charge in [0.1, 0.15) is 11.8 Å². The van der Waals surface area contributed by atoms with Crippen molar-refractivity contribution in [1.29, 1.82) is 0 Å². The number of carbonyl (C=O) groups excluding carboxylic acids is 2. The van der Waals surface area contributed by atoms with Gasteiger partial charge in [-0.25, -0.2) is 0 Å². The number of hydrogen-bond donors (Lipinski definition) is 1. The Labute approximate surface area is 199 Å².